The van der Waals surface area contributed by atoms with Crippen LogP contribution in [0.4, 0.5) is 18.9 Å². The van der Waals surface area contributed by atoms with Gasteiger partial charge in [0.2, 0.25) is 5.91 Å². The summed E-state index contributed by atoms with van der Waals surface area (Å²) in [5.41, 5.74) is -1.91. The van der Waals surface area contributed by atoms with E-state index in [1.165, 1.54) is 6.07 Å². The maximum absolute atomic E-state index is 12.8. The van der Waals surface area contributed by atoms with E-state index in [9.17, 15) is 18.0 Å². The number of carbonyl (C=O) groups is 1. The maximum Gasteiger partial charge on any atom is 0.417 e. The number of amides is 1. The highest BCUT2D eigenvalue weighted by molar-refractivity contribution is 6.31. The normalized spacial score (nSPS) is 14.0. The first kappa shape index (κ1) is 19.1. The Balaban J connectivity index is 2.76. The predicted molar refractivity (Wildman–Crippen MR) is 81.9 cm³/mol. The molecule has 0 bridgehead atoms. The van der Waals surface area contributed by atoms with Crippen molar-refractivity contribution in [3.8, 4) is 6.07 Å². The number of rotatable bonds is 5. The second kappa shape index (κ2) is 7.09. The molecule has 0 heterocycles. The first-order valence-corrected chi connectivity index (χ1v) is 7.20. The molecule has 0 spiro atoms. The molecule has 0 radical (unpaired) electrons. The standard InChI is InChI=1S/C15H17ClF3N3O/c1-9(2)14(3,8-20)22-13(23)7-21-10-4-5-12(16)11(6-10)15(17,18)19/h4-6,9,21H,7H2,1-3H3,(H,22,23). The highest BCUT2D eigenvalue weighted by Crippen LogP contribution is 2.36. The van der Waals surface area contributed by atoms with Gasteiger partial charge in [-0.3, -0.25) is 4.79 Å². The summed E-state index contributed by atoms with van der Waals surface area (Å²) in [7, 11) is 0. The van der Waals surface area contributed by atoms with Crippen molar-refractivity contribution < 1.29 is 18.0 Å². The summed E-state index contributed by atoms with van der Waals surface area (Å²) in [5.74, 6) is -0.616. The first-order chi connectivity index (χ1) is 10.5. The van der Waals surface area contributed by atoms with Crippen LogP contribution in [0.2, 0.25) is 5.02 Å². The SMILES string of the molecule is CC(C)C(C)(C#N)NC(=O)CNc1ccc(Cl)c(C(F)(F)F)c1. The molecule has 1 atom stereocenters. The minimum atomic E-state index is -4.58. The quantitative estimate of drug-likeness (QED) is 0.851. The zero-order valence-electron chi connectivity index (χ0n) is 12.9. The Hall–Kier alpha value is -1.94. The first-order valence-electron chi connectivity index (χ1n) is 6.82. The third-order valence-corrected chi connectivity index (χ3v) is 3.84. The van der Waals surface area contributed by atoms with Crippen LogP contribution in [0.5, 0.6) is 0 Å². The van der Waals surface area contributed by atoms with Crippen LogP contribution in [0.15, 0.2) is 18.2 Å². The second-order valence-electron chi connectivity index (χ2n) is 5.56. The molecule has 1 unspecified atom stereocenters. The fourth-order valence-corrected chi connectivity index (χ4v) is 1.89. The number of anilines is 1. The molecule has 1 rings (SSSR count). The van der Waals surface area contributed by atoms with Gasteiger partial charge in [0, 0.05) is 5.69 Å². The third kappa shape index (κ3) is 5.03. The number of carbonyl (C=O) groups excluding carboxylic acids is 1. The molecule has 0 aliphatic rings. The van der Waals surface area contributed by atoms with E-state index in [2.05, 4.69) is 10.6 Å². The van der Waals surface area contributed by atoms with Gasteiger partial charge in [0.05, 0.1) is 23.2 Å². The van der Waals surface area contributed by atoms with Gasteiger partial charge in [0.15, 0.2) is 0 Å². The van der Waals surface area contributed by atoms with E-state index < -0.39 is 28.2 Å². The summed E-state index contributed by atoms with van der Waals surface area (Å²) in [6, 6.07) is 5.31. The van der Waals surface area contributed by atoms with Crippen molar-refractivity contribution in [2.24, 2.45) is 5.92 Å². The zero-order valence-corrected chi connectivity index (χ0v) is 13.6. The highest BCUT2D eigenvalue weighted by Gasteiger charge is 2.33. The van der Waals surface area contributed by atoms with E-state index in [1.807, 2.05) is 6.07 Å². The number of hydrogen-bond acceptors (Lipinski definition) is 3. The van der Waals surface area contributed by atoms with E-state index in [1.54, 1.807) is 20.8 Å². The molecule has 1 amide bonds. The Morgan fingerprint density at radius 3 is 2.48 bits per heavy atom. The summed E-state index contributed by atoms with van der Waals surface area (Å²) in [6.45, 7) is 4.89. The molecule has 4 nitrogen and oxygen atoms in total. The largest absolute Gasteiger partial charge is 0.417 e. The van der Waals surface area contributed by atoms with Crippen LogP contribution in [-0.4, -0.2) is 18.0 Å². The molecule has 2 N–H and O–H groups in total. The van der Waals surface area contributed by atoms with E-state index in [4.69, 9.17) is 16.9 Å². The van der Waals surface area contributed by atoms with Gasteiger partial charge in [-0.15, -0.1) is 0 Å². The molecule has 8 heteroatoms. The highest BCUT2D eigenvalue weighted by atomic mass is 35.5. The summed E-state index contributed by atoms with van der Waals surface area (Å²) in [5, 5.41) is 13.9. The second-order valence-corrected chi connectivity index (χ2v) is 5.97. The van der Waals surface area contributed by atoms with Crippen LogP contribution in [0.3, 0.4) is 0 Å². The molecular weight excluding hydrogens is 331 g/mol. The van der Waals surface area contributed by atoms with Gasteiger partial charge in [-0.25, -0.2) is 0 Å². The Morgan fingerprint density at radius 1 is 1.39 bits per heavy atom. The van der Waals surface area contributed by atoms with Crippen molar-refractivity contribution >= 4 is 23.2 Å². The Labute approximate surface area is 137 Å². The average molecular weight is 348 g/mol. The number of alkyl halides is 3. The smallest absolute Gasteiger partial charge is 0.376 e. The lowest BCUT2D eigenvalue weighted by Gasteiger charge is -2.27. The van der Waals surface area contributed by atoms with Gasteiger partial charge in [-0.1, -0.05) is 25.4 Å². The summed E-state index contributed by atoms with van der Waals surface area (Å²) < 4.78 is 38.3. The van der Waals surface area contributed by atoms with Crippen molar-refractivity contribution in [1.29, 1.82) is 5.26 Å². The lowest BCUT2D eigenvalue weighted by atomic mass is 9.90. The lowest BCUT2D eigenvalue weighted by molar-refractivity contribution is -0.137. The van der Waals surface area contributed by atoms with Crippen LogP contribution < -0.4 is 10.6 Å². The fraction of sp³-hybridized carbons (Fsp3) is 0.467. The number of nitriles is 1. The number of nitrogens with one attached hydrogen (secondary N) is 2. The van der Waals surface area contributed by atoms with Crippen LogP contribution >= 0.6 is 11.6 Å². The Bertz CT molecular complexity index is 625. The molecule has 0 aromatic heterocycles. The number of benzene rings is 1. The molecular formula is C15H17ClF3N3O. The summed E-state index contributed by atoms with van der Waals surface area (Å²) >= 11 is 5.52. The summed E-state index contributed by atoms with van der Waals surface area (Å²) in [6.07, 6.45) is -4.58. The van der Waals surface area contributed by atoms with Crippen LogP contribution in [0.25, 0.3) is 0 Å². The molecule has 126 valence electrons. The monoisotopic (exact) mass is 347 g/mol. The Morgan fingerprint density at radius 2 is 2.00 bits per heavy atom. The lowest BCUT2D eigenvalue weighted by Crippen LogP contribution is -2.50. The fourth-order valence-electron chi connectivity index (χ4n) is 1.67. The van der Waals surface area contributed by atoms with Gasteiger partial charge in [-0.05, 0) is 31.0 Å². The van der Waals surface area contributed by atoms with E-state index in [-0.39, 0.29) is 18.2 Å². The minimum absolute atomic E-state index is 0.111. The minimum Gasteiger partial charge on any atom is -0.376 e. The van der Waals surface area contributed by atoms with Crippen molar-refractivity contribution in [3.63, 3.8) is 0 Å². The molecule has 1 aromatic carbocycles. The summed E-state index contributed by atoms with van der Waals surface area (Å²) in [4.78, 5) is 11.9. The molecule has 0 saturated carbocycles. The van der Waals surface area contributed by atoms with E-state index >= 15 is 0 Å². The molecule has 0 aliphatic heterocycles. The van der Waals surface area contributed by atoms with Gasteiger partial charge in [-0.2, -0.15) is 18.4 Å². The van der Waals surface area contributed by atoms with Gasteiger partial charge < -0.3 is 10.6 Å². The van der Waals surface area contributed by atoms with E-state index in [0.29, 0.717) is 0 Å². The van der Waals surface area contributed by atoms with Crippen molar-refractivity contribution in [2.45, 2.75) is 32.5 Å². The van der Waals surface area contributed by atoms with Gasteiger partial charge in [0.25, 0.3) is 0 Å². The Kier molecular flexibility index (Phi) is 5.89. The van der Waals surface area contributed by atoms with E-state index in [0.717, 1.165) is 12.1 Å². The molecule has 0 fully saturated rings. The van der Waals surface area contributed by atoms with Crippen LogP contribution in [0.1, 0.15) is 26.3 Å². The number of halogens is 4. The van der Waals surface area contributed by atoms with Crippen molar-refractivity contribution in [3.05, 3.63) is 28.8 Å². The predicted octanol–water partition coefficient (Wildman–Crippen LogP) is 3.83. The van der Waals surface area contributed by atoms with Crippen molar-refractivity contribution in [2.75, 3.05) is 11.9 Å². The van der Waals surface area contributed by atoms with Crippen LogP contribution in [0, 0.1) is 17.2 Å². The number of hydrogen-bond donors (Lipinski definition) is 2. The average Bonchev–Trinajstić information content (AvgIpc) is 2.44. The number of nitrogens with zero attached hydrogens (tertiary/aromatic N) is 1. The molecule has 23 heavy (non-hydrogen) atoms. The van der Waals surface area contributed by atoms with Crippen molar-refractivity contribution in [1.82, 2.24) is 5.32 Å². The molecule has 0 saturated heterocycles. The zero-order chi connectivity index (χ0) is 17.8. The molecule has 1 aromatic rings. The van der Waals surface area contributed by atoms with Gasteiger partial charge >= 0.3 is 6.18 Å². The topological polar surface area (TPSA) is 64.9 Å². The van der Waals surface area contributed by atoms with Crippen LogP contribution in [-0.2, 0) is 11.0 Å². The molecule has 0 aliphatic carbocycles. The third-order valence-electron chi connectivity index (χ3n) is 3.51. The van der Waals surface area contributed by atoms with Gasteiger partial charge in [0.1, 0.15) is 5.54 Å². The maximum atomic E-state index is 12.8.